The number of carbonyl (C=O) groups is 2. The van der Waals surface area contributed by atoms with Crippen LogP contribution in [0.1, 0.15) is 26.3 Å². The molecule has 2 heterocycles. The molecule has 1 aromatic heterocycles. The van der Waals surface area contributed by atoms with E-state index in [1.54, 1.807) is 31.3 Å². The van der Waals surface area contributed by atoms with Crippen molar-refractivity contribution >= 4 is 29.2 Å². The Labute approximate surface area is 132 Å². The third-order valence-electron chi connectivity index (χ3n) is 3.59. The molecule has 7 heteroatoms. The average molecular weight is 317 g/mol. The van der Waals surface area contributed by atoms with Crippen LogP contribution < -0.4 is 5.32 Å². The summed E-state index contributed by atoms with van der Waals surface area (Å²) in [6.07, 6.45) is 1.75. The normalized spacial score (nSPS) is 13.5. The van der Waals surface area contributed by atoms with Crippen molar-refractivity contribution in [1.82, 2.24) is 14.9 Å². The Bertz CT molecular complexity index is 728. The lowest BCUT2D eigenvalue weighted by atomic mass is 10.1. The van der Waals surface area contributed by atoms with Crippen LogP contribution in [0.4, 0.5) is 5.82 Å². The largest absolute Gasteiger partial charge is 0.373 e. The molecule has 0 saturated carbocycles. The van der Waals surface area contributed by atoms with Gasteiger partial charge in [-0.15, -0.1) is 0 Å². The van der Waals surface area contributed by atoms with Crippen LogP contribution in [0.2, 0.25) is 5.15 Å². The number of fused-ring (bicyclic) bond motifs is 1. The summed E-state index contributed by atoms with van der Waals surface area (Å²) in [5, 5.41) is 3.24. The van der Waals surface area contributed by atoms with Crippen LogP contribution in [-0.2, 0) is 6.42 Å². The number of benzene rings is 1. The molecule has 1 N–H and O–H groups in total. The van der Waals surface area contributed by atoms with E-state index in [-0.39, 0.29) is 18.4 Å². The first kappa shape index (κ1) is 14.5. The second-order valence-electron chi connectivity index (χ2n) is 4.80. The molecule has 112 valence electrons. The van der Waals surface area contributed by atoms with Crippen molar-refractivity contribution in [1.29, 1.82) is 0 Å². The van der Waals surface area contributed by atoms with E-state index < -0.39 is 0 Å². The standard InChI is InChI=1S/C15H13ClN4O2/c1-17-13-11(12(16)18-8-19-13)6-7-20-14(21)9-4-2-3-5-10(9)15(20)22/h2-5,8H,6-7H2,1H3,(H,17,18,19). The van der Waals surface area contributed by atoms with Crippen LogP contribution in [0.25, 0.3) is 0 Å². The molecule has 2 aromatic rings. The summed E-state index contributed by atoms with van der Waals surface area (Å²) in [6.45, 7) is 0.230. The Morgan fingerprint density at radius 3 is 2.36 bits per heavy atom. The minimum Gasteiger partial charge on any atom is -0.373 e. The molecule has 0 saturated heterocycles. The number of carbonyl (C=O) groups excluding carboxylic acids is 2. The van der Waals surface area contributed by atoms with Gasteiger partial charge in [0.15, 0.2) is 0 Å². The summed E-state index contributed by atoms with van der Waals surface area (Å²) in [5.74, 6) is 0.0377. The third-order valence-corrected chi connectivity index (χ3v) is 3.92. The number of aromatic nitrogens is 2. The number of nitrogens with zero attached hydrogens (tertiary/aromatic N) is 3. The number of anilines is 1. The van der Waals surface area contributed by atoms with E-state index in [0.717, 1.165) is 0 Å². The van der Waals surface area contributed by atoms with Gasteiger partial charge in [-0.3, -0.25) is 14.5 Å². The monoisotopic (exact) mass is 316 g/mol. The molecule has 0 atom stereocenters. The van der Waals surface area contributed by atoms with Gasteiger partial charge in [0.2, 0.25) is 0 Å². The first-order chi connectivity index (χ1) is 10.6. The van der Waals surface area contributed by atoms with E-state index in [9.17, 15) is 9.59 Å². The zero-order chi connectivity index (χ0) is 15.7. The van der Waals surface area contributed by atoms with Crippen molar-refractivity contribution in [2.75, 3.05) is 18.9 Å². The van der Waals surface area contributed by atoms with Gasteiger partial charge in [-0.2, -0.15) is 0 Å². The summed E-state index contributed by atoms with van der Waals surface area (Å²) in [7, 11) is 1.73. The quantitative estimate of drug-likeness (QED) is 0.690. The minimum atomic E-state index is -0.278. The van der Waals surface area contributed by atoms with E-state index >= 15 is 0 Å². The molecule has 0 bridgehead atoms. The number of halogens is 1. The van der Waals surface area contributed by atoms with Gasteiger partial charge in [-0.25, -0.2) is 9.97 Å². The van der Waals surface area contributed by atoms with Gasteiger partial charge in [-0.1, -0.05) is 23.7 Å². The smallest absolute Gasteiger partial charge is 0.261 e. The summed E-state index contributed by atoms with van der Waals surface area (Å²) in [4.78, 5) is 33.8. The fourth-order valence-corrected chi connectivity index (χ4v) is 2.72. The maximum Gasteiger partial charge on any atom is 0.261 e. The number of rotatable bonds is 4. The van der Waals surface area contributed by atoms with Gasteiger partial charge in [0, 0.05) is 19.2 Å². The molecular formula is C15H13ClN4O2. The van der Waals surface area contributed by atoms with Crippen molar-refractivity contribution in [2.45, 2.75) is 6.42 Å². The molecule has 1 aliphatic rings. The lowest BCUT2D eigenvalue weighted by Crippen LogP contribution is -2.32. The van der Waals surface area contributed by atoms with Gasteiger partial charge < -0.3 is 5.32 Å². The first-order valence-corrected chi connectivity index (χ1v) is 7.13. The topological polar surface area (TPSA) is 75.2 Å². The van der Waals surface area contributed by atoms with Crippen LogP contribution in [0.5, 0.6) is 0 Å². The van der Waals surface area contributed by atoms with Gasteiger partial charge in [-0.05, 0) is 18.6 Å². The first-order valence-electron chi connectivity index (χ1n) is 6.76. The number of nitrogens with one attached hydrogen (secondary N) is 1. The highest BCUT2D eigenvalue weighted by Crippen LogP contribution is 2.25. The fraction of sp³-hybridized carbons (Fsp3) is 0.200. The van der Waals surface area contributed by atoms with E-state index in [1.165, 1.54) is 11.2 Å². The van der Waals surface area contributed by atoms with Gasteiger partial charge in [0.1, 0.15) is 17.3 Å². The van der Waals surface area contributed by atoms with Crippen LogP contribution in [0, 0.1) is 0 Å². The molecule has 2 amide bonds. The average Bonchev–Trinajstić information content (AvgIpc) is 2.78. The van der Waals surface area contributed by atoms with Crippen molar-refractivity contribution in [2.24, 2.45) is 0 Å². The maximum atomic E-state index is 12.3. The van der Waals surface area contributed by atoms with Crippen molar-refractivity contribution in [3.8, 4) is 0 Å². The second-order valence-corrected chi connectivity index (χ2v) is 5.16. The van der Waals surface area contributed by atoms with Crippen LogP contribution >= 0.6 is 11.6 Å². The number of hydrogen-bond acceptors (Lipinski definition) is 5. The van der Waals surface area contributed by atoms with E-state index in [2.05, 4.69) is 15.3 Å². The van der Waals surface area contributed by atoms with Gasteiger partial charge >= 0.3 is 0 Å². The van der Waals surface area contributed by atoms with Crippen LogP contribution in [-0.4, -0.2) is 40.3 Å². The zero-order valence-electron chi connectivity index (χ0n) is 11.8. The van der Waals surface area contributed by atoms with Crippen molar-refractivity contribution in [3.05, 3.63) is 52.4 Å². The highest BCUT2D eigenvalue weighted by molar-refractivity contribution is 6.30. The summed E-state index contributed by atoms with van der Waals surface area (Å²) in [5.41, 5.74) is 1.57. The Morgan fingerprint density at radius 1 is 1.14 bits per heavy atom. The molecule has 6 nitrogen and oxygen atoms in total. The van der Waals surface area contributed by atoms with Crippen molar-refractivity contribution in [3.63, 3.8) is 0 Å². The predicted molar refractivity (Wildman–Crippen MR) is 82.1 cm³/mol. The summed E-state index contributed by atoms with van der Waals surface area (Å²) in [6, 6.07) is 6.81. The second kappa shape index (κ2) is 5.73. The SMILES string of the molecule is CNc1ncnc(Cl)c1CCN1C(=O)c2ccccc2C1=O. The number of imide groups is 1. The lowest BCUT2D eigenvalue weighted by molar-refractivity contribution is 0.0656. The molecule has 0 radical (unpaired) electrons. The van der Waals surface area contributed by atoms with E-state index in [1.807, 2.05) is 0 Å². The highest BCUT2D eigenvalue weighted by Gasteiger charge is 2.34. The van der Waals surface area contributed by atoms with E-state index in [0.29, 0.717) is 34.1 Å². The van der Waals surface area contributed by atoms with Crippen molar-refractivity contribution < 1.29 is 9.59 Å². The molecule has 1 aromatic carbocycles. The van der Waals surface area contributed by atoms with Crippen LogP contribution in [0.3, 0.4) is 0 Å². The number of hydrogen-bond donors (Lipinski definition) is 1. The molecule has 0 unspecified atom stereocenters. The van der Waals surface area contributed by atoms with Gasteiger partial charge in [0.05, 0.1) is 11.1 Å². The third kappa shape index (κ3) is 2.31. The Hall–Kier alpha value is -2.47. The lowest BCUT2D eigenvalue weighted by Gasteiger charge is -2.15. The molecule has 22 heavy (non-hydrogen) atoms. The molecule has 3 rings (SSSR count). The highest BCUT2D eigenvalue weighted by atomic mass is 35.5. The molecule has 1 aliphatic heterocycles. The minimum absolute atomic E-state index is 0.230. The number of amides is 2. The Morgan fingerprint density at radius 2 is 1.77 bits per heavy atom. The maximum absolute atomic E-state index is 12.3. The Kier molecular flexibility index (Phi) is 3.77. The van der Waals surface area contributed by atoms with Gasteiger partial charge in [0.25, 0.3) is 11.8 Å². The van der Waals surface area contributed by atoms with E-state index in [4.69, 9.17) is 11.6 Å². The zero-order valence-corrected chi connectivity index (χ0v) is 12.6. The molecule has 0 fully saturated rings. The summed E-state index contributed by atoms with van der Waals surface area (Å²) >= 11 is 6.08. The molecule has 0 spiro atoms. The fourth-order valence-electron chi connectivity index (χ4n) is 2.49. The predicted octanol–water partition coefficient (Wildman–Crippen LogP) is 2.01. The van der Waals surface area contributed by atoms with Crippen LogP contribution in [0.15, 0.2) is 30.6 Å². The molecular weight excluding hydrogens is 304 g/mol. The Balaban J connectivity index is 1.82. The molecule has 0 aliphatic carbocycles. The summed E-state index contributed by atoms with van der Waals surface area (Å²) < 4.78 is 0.